The average Bonchev–Trinajstić information content (AvgIpc) is 2.36. The van der Waals surface area contributed by atoms with Crippen molar-refractivity contribution in [1.29, 1.82) is 0 Å². The molecule has 0 aromatic carbocycles. The summed E-state index contributed by atoms with van der Waals surface area (Å²) in [7, 11) is 0. The van der Waals surface area contributed by atoms with E-state index in [1.807, 2.05) is 20.8 Å². The van der Waals surface area contributed by atoms with Crippen LogP contribution in [-0.2, 0) is 9.53 Å². The van der Waals surface area contributed by atoms with Crippen molar-refractivity contribution in [3.8, 4) is 0 Å². The van der Waals surface area contributed by atoms with Crippen LogP contribution < -0.4 is 11.1 Å². The Morgan fingerprint density at radius 3 is 2.65 bits per heavy atom. The molecule has 2 amide bonds. The van der Waals surface area contributed by atoms with E-state index in [0.29, 0.717) is 19.7 Å². The molecule has 1 rings (SSSR count). The fraction of sp³-hybridized carbons (Fsp3) is 0.857. The van der Waals surface area contributed by atoms with Crippen molar-refractivity contribution in [2.24, 2.45) is 11.1 Å². The minimum atomic E-state index is -0.524. The number of carbonyl (C=O) groups excluding carboxylic acids is 2. The highest BCUT2D eigenvalue weighted by molar-refractivity contribution is 5.82. The van der Waals surface area contributed by atoms with Crippen molar-refractivity contribution in [3.05, 3.63) is 0 Å². The number of rotatable bonds is 3. The van der Waals surface area contributed by atoms with Gasteiger partial charge in [-0.2, -0.15) is 0 Å². The van der Waals surface area contributed by atoms with E-state index in [2.05, 4.69) is 5.32 Å². The van der Waals surface area contributed by atoms with Crippen molar-refractivity contribution >= 4 is 12.0 Å². The van der Waals surface area contributed by atoms with Crippen LogP contribution in [0.2, 0.25) is 0 Å². The molecule has 1 aliphatic heterocycles. The molecule has 1 fully saturated rings. The van der Waals surface area contributed by atoms with Gasteiger partial charge in [-0.25, -0.2) is 4.79 Å². The van der Waals surface area contributed by atoms with Gasteiger partial charge in [-0.3, -0.25) is 4.79 Å². The van der Waals surface area contributed by atoms with Crippen molar-refractivity contribution < 1.29 is 14.3 Å². The Labute approximate surface area is 121 Å². The zero-order chi connectivity index (χ0) is 15.3. The first kappa shape index (κ1) is 16.8. The largest absolute Gasteiger partial charge is 0.450 e. The van der Waals surface area contributed by atoms with Crippen LogP contribution in [0.25, 0.3) is 0 Å². The third kappa shape index (κ3) is 4.67. The molecular weight excluding hydrogens is 258 g/mol. The normalized spacial score (nSPS) is 21.2. The second-order valence-electron chi connectivity index (χ2n) is 6.33. The van der Waals surface area contributed by atoms with Gasteiger partial charge in [-0.1, -0.05) is 20.8 Å². The number of amides is 2. The summed E-state index contributed by atoms with van der Waals surface area (Å²) >= 11 is 0. The van der Waals surface area contributed by atoms with Crippen LogP contribution in [0, 0.1) is 5.41 Å². The van der Waals surface area contributed by atoms with Gasteiger partial charge in [-0.05, 0) is 25.2 Å². The molecule has 0 spiro atoms. The summed E-state index contributed by atoms with van der Waals surface area (Å²) in [4.78, 5) is 25.5. The van der Waals surface area contributed by atoms with Gasteiger partial charge in [0.2, 0.25) is 5.91 Å². The highest BCUT2D eigenvalue weighted by Gasteiger charge is 2.33. The summed E-state index contributed by atoms with van der Waals surface area (Å²) in [6, 6.07) is -0.581. The summed E-state index contributed by atoms with van der Waals surface area (Å²) in [5, 5.41) is 2.79. The highest BCUT2D eigenvalue weighted by Crippen LogP contribution is 2.21. The second-order valence-corrected chi connectivity index (χ2v) is 6.33. The SMILES string of the molecule is CCOC(=O)NC1CCCN(C(=O)[C@@H](N)C(C)(C)C)C1. The summed E-state index contributed by atoms with van der Waals surface area (Å²) in [6.45, 7) is 9.16. The highest BCUT2D eigenvalue weighted by atomic mass is 16.5. The molecule has 20 heavy (non-hydrogen) atoms. The zero-order valence-electron chi connectivity index (χ0n) is 12.9. The molecule has 0 bridgehead atoms. The van der Waals surface area contributed by atoms with Crippen LogP contribution in [0.4, 0.5) is 4.79 Å². The Kier molecular flexibility index (Phi) is 5.80. The van der Waals surface area contributed by atoms with Crippen LogP contribution in [0.15, 0.2) is 0 Å². The second kappa shape index (κ2) is 6.92. The van der Waals surface area contributed by atoms with Crippen molar-refractivity contribution in [3.63, 3.8) is 0 Å². The first-order chi connectivity index (χ1) is 9.25. The number of nitrogens with zero attached hydrogens (tertiary/aromatic N) is 1. The number of carbonyl (C=O) groups is 2. The minimum Gasteiger partial charge on any atom is -0.450 e. The third-order valence-corrected chi connectivity index (χ3v) is 3.53. The lowest BCUT2D eigenvalue weighted by Gasteiger charge is -2.37. The molecule has 0 aromatic heterocycles. The van der Waals surface area contributed by atoms with Crippen molar-refractivity contribution in [1.82, 2.24) is 10.2 Å². The van der Waals surface area contributed by atoms with Crippen LogP contribution >= 0.6 is 0 Å². The van der Waals surface area contributed by atoms with Gasteiger partial charge in [0.05, 0.1) is 12.6 Å². The van der Waals surface area contributed by atoms with Crippen LogP contribution in [0.1, 0.15) is 40.5 Å². The van der Waals surface area contributed by atoms with Crippen molar-refractivity contribution in [2.75, 3.05) is 19.7 Å². The number of ether oxygens (including phenoxy) is 1. The molecule has 6 heteroatoms. The Morgan fingerprint density at radius 2 is 2.10 bits per heavy atom. The first-order valence-electron chi connectivity index (χ1n) is 7.23. The Hall–Kier alpha value is -1.30. The van der Waals surface area contributed by atoms with Gasteiger partial charge < -0.3 is 20.7 Å². The number of hydrogen-bond acceptors (Lipinski definition) is 4. The van der Waals surface area contributed by atoms with E-state index in [9.17, 15) is 9.59 Å². The van der Waals surface area contributed by atoms with Gasteiger partial charge in [-0.15, -0.1) is 0 Å². The number of nitrogens with one attached hydrogen (secondary N) is 1. The molecule has 6 nitrogen and oxygen atoms in total. The van der Waals surface area contributed by atoms with E-state index in [0.717, 1.165) is 12.8 Å². The molecule has 0 aliphatic carbocycles. The maximum absolute atomic E-state index is 12.4. The number of piperidine rings is 1. The van der Waals surface area contributed by atoms with Gasteiger partial charge in [0.1, 0.15) is 0 Å². The molecule has 3 N–H and O–H groups in total. The van der Waals surface area contributed by atoms with Gasteiger partial charge in [0.25, 0.3) is 0 Å². The molecule has 1 saturated heterocycles. The van der Waals surface area contributed by atoms with Crippen LogP contribution in [0.5, 0.6) is 0 Å². The molecule has 0 saturated carbocycles. The third-order valence-electron chi connectivity index (χ3n) is 3.53. The molecule has 0 radical (unpaired) electrons. The topological polar surface area (TPSA) is 84.7 Å². The minimum absolute atomic E-state index is 0.0483. The predicted octanol–water partition coefficient (Wildman–Crippen LogP) is 1.10. The van der Waals surface area contributed by atoms with E-state index in [1.54, 1.807) is 11.8 Å². The monoisotopic (exact) mass is 285 g/mol. The number of hydrogen-bond donors (Lipinski definition) is 2. The Morgan fingerprint density at radius 1 is 1.45 bits per heavy atom. The lowest BCUT2D eigenvalue weighted by atomic mass is 9.86. The van der Waals surface area contributed by atoms with Crippen LogP contribution in [0.3, 0.4) is 0 Å². The van der Waals surface area contributed by atoms with E-state index in [1.165, 1.54) is 0 Å². The van der Waals surface area contributed by atoms with Gasteiger partial charge in [0.15, 0.2) is 0 Å². The standard InChI is InChI=1S/C14H27N3O3/c1-5-20-13(19)16-10-7-6-8-17(9-10)12(18)11(15)14(2,3)4/h10-11H,5-9,15H2,1-4H3,(H,16,19)/t10?,11-/m1/s1. The number of alkyl carbamates (subject to hydrolysis) is 1. The lowest BCUT2D eigenvalue weighted by molar-refractivity contribution is -0.136. The number of likely N-dealkylation sites (tertiary alicyclic amines) is 1. The van der Waals surface area contributed by atoms with E-state index < -0.39 is 12.1 Å². The number of nitrogens with two attached hydrogens (primary N) is 1. The summed E-state index contributed by atoms with van der Waals surface area (Å²) in [5.41, 5.74) is 5.75. The molecule has 1 unspecified atom stereocenters. The summed E-state index contributed by atoms with van der Waals surface area (Å²) in [5.74, 6) is -0.0483. The van der Waals surface area contributed by atoms with E-state index >= 15 is 0 Å². The zero-order valence-corrected chi connectivity index (χ0v) is 12.9. The Balaban J connectivity index is 2.56. The molecule has 1 aliphatic rings. The molecular formula is C14H27N3O3. The predicted molar refractivity (Wildman–Crippen MR) is 77.2 cm³/mol. The molecule has 0 aromatic rings. The van der Waals surface area contributed by atoms with E-state index in [-0.39, 0.29) is 17.4 Å². The maximum Gasteiger partial charge on any atom is 0.407 e. The fourth-order valence-corrected chi connectivity index (χ4v) is 2.20. The summed E-state index contributed by atoms with van der Waals surface area (Å²) < 4.78 is 4.86. The fourth-order valence-electron chi connectivity index (χ4n) is 2.20. The summed E-state index contributed by atoms with van der Waals surface area (Å²) in [6.07, 6.45) is 1.29. The average molecular weight is 285 g/mol. The smallest absolute Gasteiger partial charge is 0.407 e. The molecule has 2 atom stereocenters. The quantitative estimate of drug-likeness (QED) is 0.813. The lowest BCUT2D eigenvalue weighted by Crippen LogP contribution is -2.56. The van der Waals surface area contributed by atoms with Gasteiger partial charge in [0, 0.05) is 19.1 Å². The van der Waals surface area contributed by atoms with Gasteiger partial charge >= 0.3 is 6.09 Å². The molecule has 116 valence electrons. The van der Waals surface area contributed by atoms with Crippen LogP contribution in [-0.4, -0.2) is 48.7 Å². The first-order valence-corrected chi connectivity index (χ1v) is 7.23. The van der Waals surface area contributed by atoms with Crippen molar-refractivity contribution in [2.45, 2.75) is 52.6 Å². The van der Waals surface area contributed by atoms with E-state index in [4.69, 9.17) is 10.5 Å². The Bertz CT molecular complexity index is 352. The maximum atomic E-state index is 12.4. The molecule has 1 heterocycles.